The molecular formula is C20H28N6O. The second-order valence-corrected chi connectivity index (χ2v) is 6.75. The summed E-state index contributed by atoms with van der Waals surface area (Å²) in [5.74, 6) is 3.48. The minimum absolute atomic E-state index is 0.482. The first kappa shape index (κ1) is 18.9. The fraction of sp³-hybridized carbons (Fsp3) is 0.450. The maximum Gasteiger partial charge on any atom is 0.194 e. The largest absolute Gasteiger partial charge is 0.459 e. The Morgan fingerprint density at radius 2 is 2.11 bits per heavy atom. The van der Waals surface area contributed by atoms with Gasteiger partial charge in [-0.3, -0.25) is 0 Å². The van der Waals surface area contributed by atoms with Crippen molar-refractivity contribution in [1.82, 2.24) is 25.0 Å². The topological polar surface area (TPSA) is 71.5 Å². The van der Waals surface area contributed by atoms with Gasteiger partial charge in [0.25, 0.3) is 0 Å². The Balaban J connectivity index is 1.73. The van der Waals surface area contributed by atoms with E-state index in [0.29, 0.717) is 13.1 Å². The van der Waals surface area contributed by atoms with Crippen molar-refractivity contribution in [3.8, 4) is 0 Å². The zero-order valence-electron chi connectivity index (χ0n) is 16.6. The number of nitrogens with zero attached hydrogens (tertiary/aromatic N) is 5. The lowest BCUT2D eigenvalue weighted by Gasteiger charge is -2.21. The summed E-state index contributed by atoms with van der Waals surface area (Å²) in [7, 11) is 3.98. The van der Waals surface area contributed by atoms with Gasteiger partial charge in [-0.1, -0.05) is 31.5 Å². The van der Waals surface area contributed by atoms with Crippen LogP contribution in [-0.2, 0) is 20.1 Å². The van der Waals surface area contributed by atoms with Crippen molar-refractivity contribution in [2.45, 2.75) is 39.8 Å². The first-order valence-electron chi connectivity index (χ1n) is 9.40. The number of rotatable bonds is 7. The van der Waals surface area contributed by atoms with Crippen LogP contribution in [0.15, 0.2) is 39.7 Å². The Bertz CT molecular complexity index is 877. The van der Waals surface area contributed by atoms with Crippen LogP contribution in [0.1, 0.15) is 37.2 Å². The number of unbranched alkanes of at least 4 members (excludes halogenated alkanes) is 1. The van der Waals surface area contributed by atoms with Crippen molar-refractivity contribution in [2.75, 3.05) is 13.6 Å². The normalized spacial score (nSPS) is 11.9. The summed E-state index contributed by atoms with van der Waals surface area (Å²) in [5, 5.41) is 12.9. The standard InChI is InChI=1S/C20H28N6O/c1-5-6-11-21-20(22-13-19-24-23-15(2)26(19)4)25(3)14-17-12-16-9-7-8-10-18(16)27-17/h7-10,12H,5-6,11,13-14H2,1-4H3,(H,21,22). The van der Waals surface area contributed by atoms with E-state index in [1.165, 1.54) is 0 Å². The Morgan fingerprint density at radius 3 is 2.81 bits per heavy atom. The lowest BCUT2D eigenvalue weighted by molar-refractivity contribution is 0.411. The summed E-state index contributed by atoms with van der Waals surface area (Å²) < 4.78 is 7.91. The summed E-state index contributed by atoms with van der Waals surface area (Å²) in [4.78, 5) is 6.84. The van der Waals surface area contributed by atoms with Crippen molar-refractivity contribution in [1.29, 1.82) is 0 Å². The van der Waals surface area contributed by atoms with Crippen molar-refractivity contribution in [3.63, 3.8) is 0 Å². The number of aliphatic imine (C=N–C) groups is 1. The highest BCUT2D eigenvalue weighted by molar-refractivity contribution is 5.80. The highest BCUT2D eigenvalue weighted by Crippen LogP contribution is 2.19. The van der Waals surface area contributed by atoms with E-state index in [0.717, 1.165) is 53.7 Å². The predicted molar refractivity (Wildman–Crippen MR) is 107 cm³/mol. The number of hydrogen-bond acceptors (Lipinski definition) is 4. The van der Waals surface area contributed by atoms with E-state index >= 15 is 0 Å². The van der Waals surface area contributed by atoms with E-state index < -0.39 is 0 Å². The maximum atomic E-state index is 5.95. The van der Waals surface area contributed by atoms with Gasteiger partial charge in [-0.2, -0.15) is 0 Å². The average molecular weight is 368 g/mol. The molecule has 2 heterocycles. The molecule has 0 unspecified atom stereocenters. The van der Waals surface area contributed by atoms with Crippen LogP contribution in [0, 0.1) is 6.92 Å². The molecule has 0 amide bonds. The maximum absolute atomic E-state index is 5.95. The van der Waals surface area contributed by atoms with Gasteiger partial charge in [0.1, 0.15) is 23.7 Å². The Hall–Kier alpha value is -2.83. The highest BCUT2D eigenvalue weighted by Gasteiger charge is 2.12. The summed E-state index contributed by atoms with van der Waals surface area (Å²) in [6, 6.07) is 10.1. The van der Waals surface area contributed by atoms with Crippen LogP contribution in [0.5, 0.6) is 0 Å². The first-order chi connectivity index (χ1) is 13.1. The van der Waals surface area contributed by atoms with E-state index in [1.807, 2.05) is 43.8 Å². The number of furan rings is 1. The average Bonchev–Trinajstić information content (AvgIpc) is 3.21. The molecule has 1 N–H and O–H groups in total. The number of benzene rings is 1. The van der Waals surface area contributed by atoms with Crippen LogP contribution < -0.4 is 5.32 Å². The van der Waals surface area contributed by atoms with Gasteiger partial charge in [-0.25, -0.2) is 4.99 Å². The van der Waals surface area contributed by atoms with E-state index in [2.05, 4.69) is 39.5 Å². The number of hydrogen-bond donors (Lipinski definition) is 1. The second-order valence-electron chi connectivity index (χ2n) is 6.75. The van der Waals surface area contributed by atoms with Crippen molar-refractivity contribution >= 4 is 16.9 Å². The molecule has 0 radical (unpaired) electrons. The van der Waals surface area contributed by atoms with Crippen LogP contribution in [0.4, 0.5) is 0 Å². The van der Waals surface area contributed by atoms with Crippen LogP contribution in [0.3, 0.4) is 0 Å². The third-order valence-corrected chi connectivity index (χ3v) is 4.60. The smallest absolute Gasteiger partial charge is 0.194 e. The molecule has 0 fully saturated rings. The molecule has 2 aromatic heterocycles. The van der Waals surface area contributed by atoms with Gasteiger partial charge in [-0.05, 0) is 25.5 Å². The Kier molecular flexibility index (Phi) is 6.11. The molecule has 0 aliphatic heterocycles. The summed E-state index contributed by atoms with van der Waals surface area (Å²) in [5.41, 5.74) is 0.910. The number of fused-ring (bicyclic) bond motifs is 1. The fourth-order valence-electron chi connectivity index (χ4n) is 2.85. The Labute approximate surface area is 160 Å². The molecule has 0 aliphatic carbocycles. The summed E-state index contributed by atoms with van der Waals surface area (Å²) in [6.45, 7) is 6.13. The van der Waals surface area contributed by atoms with E-state index in [9.17, 15) is 0 Å². The molecule has 1 aromatic carbocycles. The summed E-state index contributed by atoms with van der Waals surface area (Å²) >= 11 is 0. The second kappa shape index (κ2) is 8.70. The number of nitrogens with one attached hydrogen (secondary N) is 1. The molecule has 0 saturated heterocycles. The number of guanidine groups is 1. The molecule has 144 valence electrons. The number of aromatic nitrogens is 3. The van der Waals surface area contributed by atoms with Crippen LogP contribution in [0.2, 0.25) is 0 Å². The number of para-hydroxylation sites is 1. The van der Waals surface area contributed by atoms with E-state index in [-0.39, 0.29) is 0 Å². The monoisotopic (exact) mass is 368 g/mol. The molecule has 3 rings (SSSR count). The molecule has 0 atom stereocenters. The number of aryl methyl sites for hydroxylation is 1. The molecule has 7 heteroatoms. The molecule has 0 aliphatic rings. The van der Waals surface area contributed by atoms with Gasteiger partial charge < -0.3 is 19.2 Å². The van der Waals surface area contributed by atoms with Crippen molar-refractivity contribution < 1.29 is 4.42 Å². The predicted octanol–water partition coefficient (Wildman–Crippen LogP) is 3.25. The van der Waals surface area contributed by atoms with Gasteiger partial charge >= 0.3 is 0 Å². The van der Waals surface area contributed by atoms with Crippen molar-refractivity contribution in [2.24, 2.45) is 12.0 Å². The van der Waals surface area contributed by atoms with Gasteiger partial charge in [0.15, 0.2) is 11.8 Å². The SMILES string of the molecule is CCCCNC(=NCc1nnc(C)n1C)N(C)Cc1cc2ccccc2o1. The molecule has 0 bridgehead atoms. The minimum atomic E-state index is 0.482. The molecule has 0 spiro atoms. The van der Waals surface area contributed by atoms with Crippen molar-refractivity contribution in [3.05, 3.63) is 47.7 Å². The minimum Gasteiger partial charge on any atom is -0.459 e. The zero-order valence-corrected chi connectivity index (χ0v) is 16.6. The van der Waals surface area contributed by atoms with E-state index in [1.54, 1.807) is 0 Å². The third-order valence-electron chi connectivity index (χ3n) is 4.60. The van der Waals surface area contributed by atoms with Gasteiger partial charge in [0.2, 0.25) is 0 Å². The molecule has 0 saturated carbocycles. The zero-order chi connectivity index (χ0) is 19.2. The van der Waals surface area contributed by atoms with Gasteiger partial charge in [-0.15, -0.1) is 10.2 Å². The fourth-order valence-corrected chi connectivity index (χ4v) is 2.85. The lowest BCUT2D eigenvalue weighted by Crippen LogP contribution is -2.39. The molecule has 7 nitrogen and oxygen atoms in total. The highest BCUT2D eigenvalue weighted by atomic mass is 16.3. The lowest BCUT2D eigenvalue weighted by atomic mass is 10.2. The molecular weight excluding hydrogens is 340 g/mol. The molecule has 3 aromatic rings. The quantitative estimate of drug-likeness (QED) is 0.394. The van der Waals surface area contributed by atoms with E-state index in [4.69, 9.17) is 9.41 Å². The molecule has 27 heavy (non-hydrogen) atoms. The third kappa shape index (κ3) is 4.67. The summed E-state index contributed by atoms with van der Waals surface area (Å²) in [6.07, 6.45) is 2.23. The Morgan fingerprint density at radius 1 is 1.30 bits per heavy atom. The van der Waals surface area contributed by atoms with Crippen LogP contribution in [0.25, 0.3) is 11.0 Å². The van der Waals surface area contributed by atoms with Gasteiger partial charge in [0, 0.05) is 26.0 Å². The van der Waals surface area contributed by atoms with Gasteiger partial charge in [0.05, 0.1) is 6.54 Å². The first-order valence-corrected chi connectivity index (χ1v) is 9.40. The van der Waals surface area contributed by atoms with Crippen LogP contribution >= 0.6 is 0 Å². The van der Waals surface area contributed by atoms with Crippen LogP contribution in [-0.4, -0.2) is 39.2 Å².